The average Bonchev–Trinajstić information content (AvgIpc) is 2.49. The number of nitrogens with two attached hydrogens (primary N) is 1. The van der Waals surface area contributed by atoms with Crippen molar-refractivity contribution in [1.29, 1.82) is 0 Å². The van der Waals surface area contributed by atoms with Gasteiger partial charge in [0.2, 0.25) is 0 Å². The Morgan fingerprint density at radius 3 is 2.30 bits per heavy atom. The molecule has 0 saturated carbocycles. The maximum absolute atomic E-state index is 5.41. The van der Waals surface area contributed by atoms with Crippen molar-refractivity contribution in [1.82, 2.24) is 0 Å². The molecule has 0 fully saturated rings. The van der Waals surface area contributed by atoms with Gasteiger partial charge in [-0.2, -0.15) is 0 Å². The number of quaternary nitrogens is 1. The van der Waals surface area contributed by atoms with Gasteiger partial charge in [-0.25, -0.2) is 0 Å². The zero-order valence-electron chi connectivity index (χ0n) is 12.3. The SMILES string of the molecule is COc1ccc(C[NH2+]Cc2ccc(C)cc2)c(OC)c1. The molecule has 0 aliphatic rings. The average molecular weight is 272 g/mol. The van der Waals surface area contributed by atoms with Crippen LogP contribution in [0.3, 0.4) is 0 Å². The molecule has 106 valence electrons. The number of methoxy groups -OCH3 is 2. The van der Waals surface area contributed by atoms with Crippen molar-refractivity contribution >= 4 is 0 Å². The Morgan fingerprint density at radius 2 is 1.65 bits per heavy atom. The quantitative estimate of drug-likeness (QED) is 0.875. The predicted octanol–water partition coefficient (Wildman–Crippen LogP) is 2.28. The number of hydrogen-bond acceptors (Lipinski definition) is 2. The molecular weight excluding hydrogens is 250 g/mol. The normalized spacial score (nSPS) is 10.3. The van der Waals surface area contributed by atoms with Crippen molar-refractivity contribution < 1.29 is 14.8 Å². The fourth-order valence-corrected chi connectivity index (χ4v) is 2.14. The van der Waals surface area contributed by atoms with Gasteiger partial charge in [-0.1, -0.05) is 29.8 Å². The van der Waals surface area contributed by atoms with Crippen molar-refractivity contribution in [2.24, 2.45) is 0 Å². The molecule has 0 saturated heterocycles. The molecule has 0 unspecified atom stereocenters. The Labute approximate surface area is 120 Å². The van der Waals surface area contributed by atoms with Crippen molar-refractivity contribution in [2.45, 2.75) is 20.0 Å². The standard InChI is InChI=1S/C17H21NO2/c1-13-4-6-14(7-5-13)11-18-12-15-8-9-16(19-2)10-17(15)20-3/h4-10,18H,11-12H2,1-3H3/p+1. The zero-order chi connectivity index (χ0) is 14.4. The minimum atomic E-state index is 0.823. The van der Waals surface area contributed by atoms with E-state index < -0.39 is 0 Å². The first-order valence-corrected chi connectivity index (χ1v) is 6.81. The first kappa shape index (κ1) is 14.4. The van der Waals surface area contributed by atoms with E-state index in [1.807, 2.05) is 12.1 Å². The molecular formula is C17H22NO2+. The van der Waals surface area contributed by atoms with Crippen LogP contribution in [0.4, 0.5) is 0 Å². The van der Waals surface area contributed by atoms with Crippen molar-refractivity contribution in [2.75, 3.05) is 14.2 Å². The zero-order valence-corrected chi connectivity index (χ0v) is 12.3. The summed E-state index contributed by atoms with van der Waals surface area (Å²) in [5, 5.41) is 2.27. The summed E-state index contributed by atoms with van der Waals surface area (Å²) in [6.45, 7) is 3.96. The molecule has 0 aliphatic carbocycles. The Balaban J connectivity index is 1.95. The number of ether oxygens (including phenoxy) is 2. The van der Waals surface area contributed by atoms with Crippen molar-refractivity contribution in [3.8, 4) is 11.5 Å². The molecule has 0 bridgehead atoms. The summed E-state index contributed by atoms with van der Waals surface area (Å²) in [6, 6.07) is 14.6. The van der Waals surface area contributed by atoms with E-state index >= 15 is 0 Å². The molecule has 2 aromatic carbocycles. The lowest BCUT2D eigenvalue weighted by atomic mass is 10.1. The minimum Gasteiger partial charge on any atom is -0.497 e. The number of hydrogen-bond donors (Lipinski definition) is 1. The second kappa shape index (κ2) is 6.96. The van der Waals surface area contributed by atoms with E-state index in [1.165, 1.54) is 16.7 Å². The fourth-order valence-electron chi connectivity index (χ4n) is 2.14. The van der Waals surface area contributed by atoms with E-state index in [0.717, 1.165) is 24.6 Å². The third-order valence-electron chi connectivity index (χ3n) is 3.36. The lowest BCUT2D eigenvalue weighted by molar-refractivity contribution is -0.686. The van der Waals surface area contributed by atoms with Crippen LogP contribution in [-0.4, -0.2) is 14.2 Å². The Kier molecular flexibility index (Phi) is 5.02. The molecule has 0 heterocycles. The van der Waals surface area contributed by atoms with Crippen molar-refractivity contribution in [3.05, 3.63) is 59.2 Å². The van der Waals surface area contributed by atoms with Gasteiger partial charge in [0, 0.05) is 17.2 Å². The smallest absolute Gasteiger partial charge is 0.131 e. The maximum Gasteiger partial charge on any atom is 0.131 e. The highest BCUT2D eigenvalue weighted by Crippen LogP contribution is 2.23. The van der Waals surface area contributed by atoms with Gasteiger partial charge in [-0.3, -0.25) is 0 Å². The summed E-state index contributed by atoms with van der Waals surface area (Å²) < 4.78 is 10.6. The Hall–Kier alpha value is -2.00. The summed E-state index contributed by atoms with van der Waals surface area (Å²) >= 11 is 0. The topological polar surface area (TPSA) is 35.1 Å². The lowest BCUT2D eigenvalue weighted by Crippen LogP contribution is -2.80. The van der Waals surface area contributed by atoms with Crippen LogP contribution in [0.2, 0.25) is 0 Å². The number of benzene rings is 2. The summed E-state index contributed by atoms with van der Waals surface area (Å²) in [4.78, 5) is 0. The molecule has 0 aromatic heterocycles. The van der Waals surface area contributed by atoms with Crippen molar-refractivity contribution in [3.63, 3.8) is 0 Å². The first-order chi connectivity index (χ1) is 9.72. The second-order valence-corrected chi connectivity index (χ2v) is 4.86. The van der Waals surface area contributed by atoms with Gasteiger partial charge in [-0.15, -0.1) is 0 Å². The summed E-state index contributed by atoms with van der Waals surface area (Å²) in [5.41, 5.74) is 3.81. The molecule has 0 amide bonds. The first-order valence-electron chi connectivity index (χ1n) is 6.81. The van der Waals surface area contributed by atoms with Crippen LogP contribution in [0.5, 0.6) is 11.5 Å². The highest BCUT2D eigenvalue weighted by molar-refractivity contribution is 5.40. The molecule has 2 N–H and O–H groups in total. The number of rotatable bonds is 6. The molecule has 2 aromatic rings. The third-order valence-corrected chi connectivity index (χ3v) is 3.36. The van der Waals surface area contributed by atoms with Gasteiger partial charge in [0.1, 0.15) is 24.6 Å². The third kappa shape index (κ3) is 3.75. The molecule has 2 rings (SSSR count). The molecule has 3 nitrogen and oxygen atoms in total. The molecule has 0 aliphatic heterocycles. The van der Waals surface area contributed by atoms with Gasteiger partial charge < -0.3 is 14.8 Å². The summed E-state index contributed by atoms with van der Waals surface area (Å²) in [7, 11) is 3.36. The molecule has 0 spiro atoms. The van der Waals surface area contributed by atoms with Gasteiger partial charge >= 0.3 is 0 Å². The monoisotopic (exact) mass is 272 g/mol. The molecule has 3 heteroatoms. The van der Waals surface area contributed by atoms with Gasteiger partial charge in [0.15, 0.2) is 0 Å². The van der Waals surface area contributed by atoms with E-state index in [1.54, 1.807) is 14.2 Å². The van der Waals surface area contributed by atoms with E-state index in [0.29, 0.717) is 0 Å². The van der Waals surface area contributed by atoms with Gasteiger partial charge in [-0.05, 0) is 19.1 Å². The largest absolute Gasteiger partial charge is 0.497 e. The van der Waals surface area contributed by atoms with Crippen LogP contribution in [0, 0.1) is 6.92 Å². The second-order valence-electron chi connectivity index (χ2n) is 4.86. The highest BCUT2D eigenvalue weighted by atomic mass is 16.5. The lowest BCUT2D eigenvalue weighted by Gasteiger charge is -2.09. The van der Waals surface area contributed by atoms with E-state index in [9.17, 15) is 0 Å². The van der Waals surface area contributed by atoms with E-state index in [2.05, 4.69) is 42.6 Å². The van der Waals surface area contributed by atoms with Gasteiger partial charge in [0.25, 0.3) is 0 Å². The molecule has 0 atom stereocenters. The summed E-state index contributed by atoms with van der Waals surface area (Å²) in [6.07, 6.45) is 0. The molecule has 0 radical (unpaired) electrons. The van der Waals surface area contributed by atoms with Crippen LogP contribution >= 0.6 is 0 Å². The van der Waals surface area contributed by atoms with Crippen LogP contribution in [0.1, 0.15) is 16.7 Å². The van der Waals surface area contributed by atoms with Gasteiger partial charge in [0.05, 0.1) is 14.2 Å². The fraction of sp³-hybridized carbons (Fsp3) is 0.294. The van der Waals surface area contributed by atoms with Crippen LogP contribution in [-0.2, 0) is 13.1 Å². The van der Waals surface area contributed by atoms with E-state index in [-0.39, 0.29) is 0 Å². The molecule has 20 heavy (non-hydrogen) atoms. The Bertz CT molecular complexity index is 549. The van der Waals surface area contributed by atoms with Crippen LogP contribution < -0.4 is 14.8 Å². The van der Waals surface area contributed by atoms with Crippen LogP contribution in [0.25, 0.3) is 0 Å². The van der Waals surface area contributed by atoms with Crippen LogP contribution in [0.15, 0.2) is 42.5 Å². The Morgan fingerprint density at radius 1 is 0.900 bits per heavy atom. The summed E-state index contributed by atoms with van der Waals surface area (Å²) in [5.74, 6) is 1.70. The maximum atomic E-state index is 5.41. The predicted molar refractivity (Wildman–Crippen MR) is 80.1 cm³/mol. The minimum absolute atomic E-state index is 0.823. The highest BCUT2D eigenvalue weighted by Gasteiger charge is 2.06. The number of aryl methyl sites for hydroxylation is 1. The van der Waals surface area contributed by atoms with E-state index in [4.69, 9.17) is 9.47 Å².